The van der Waals surface area contributed by atoms with Crippen LogP contribution in [0.4, 0.5) is 10.3 Å². The van der Waals surface area contributed by atoms with Crippen LogP contribution in [0.25, 0.3) is 33.3 Å². The Morgan fingerprint density at radius 2 is 1.90 bits per heavy atom. The summed E-state index contributed by atoms with van der Waals surface area (Å²) in [6.07, 6.45) is 0.596. The lowest BCUT2D eigenvalue weighted by atomic mass is 9.98. The van der Waals surface area contributed by atoms with E-state index in [9.17, 15) is 9.50 Å². The quantitative estimate of drug-likeness (QED) is 0.396. The summed E-state index contributed by atoms with van der Waals surface area (Å²) in [5.41, 5.74) is 11.3. The molecule has 0 amide bonds. The zero-order valence-electron chi connectivity index (χ0n) is 16.5. The van der Waals surface area contributed by atoms with Gasteiger partial charge in [0.2, 0.25) is 0 Å². The van der Waals surface area contributed by atoms with Crippen molar-refractivity contribution in [2.45, 2.75) is 20.3 Å². The van der Waals surface area contributed by atoms with Gasteiger partial charge in [0.05, 0.1) is 22.6 Å². The molecule has 30 heavy (non-hydrogen) atoms. The number of benzene rings is 2. The van der Waals surface area contributed by atoms with Crippen LogP contribution >= 0.6 is 0 Å². The fourth-order valence-corrected chi connectivity index (χ4v) is 4.07. The second-order valence-corrected chi connectivity index (χ2v) is 7.40. The first-order valence-electron chi connectivity index (χ1n) is 9.53. The molecule has 2 aliphatic rings. The van der Waals surface area contributed by atoms with Crippen molar-refractivity contribution in [1.29, 1.82) is 0 Å². The SMILES string of the molecule is Cc1noc(C)c1Cc1cccc2c(O)c3c(-c4ccc(F)cc4)nc(N)[nH]c-3c12. The van der Waals surface area contributed by atoms with Gasteiger partial charge in [-0.3, -0.25) is 0 Å². The van der Waals surface area contributed by atoms with Gasteiger partial charge in [-0.05, 0) is 43.7 Å². The number of H-pyrrole nitrogens is 1. The molecule has 2 aromatic carbocycles. The minimum absolute atomic E-state index is 0.115. The normalized spacial score (nSPS) is 11.6. The van der Waals surface area contributed by atoms with Crippen LogP contribution in [-0.4, -0.2) is 20.2 Å². The standard InChI is InChI=1S/C23H19FN4O2/c1-11-17(12(2)30-28-11)10-14-4-3-5-16-18(14)21-19(22(16)29)20(26-23(25)27-21)13-6-8-15(24)9-7-13/h3-9,29H,10H2,1-2H3,(H3,25,26,27). The highest BCUT2D eigenvalue weighted by atomic mass is 19.1. The molecule has 1 aromatic heterocycles. The van der Waals surface area contributed by atoms with Gasteiger partial charge in [-0.25, -0.2) is 9.37 Å². The number of aromatic amines is 1. The minimum Gasteiger partial charge on any atom is -0.507 e. The van der Waals surface area contributed by atoms with E-state index >= 15 is 0 Å². The number of nitrogens with zero attached hydrogens (tertiary/aromatic N) is 2. The average Bonchev–Trinajstić information content (AvgIpc) is 3.20. The third-order valence-electron chi connectivity index (χ3n) is 5.53. The van der Waals surface area contributed by atoms with Crippen molar-refractivity contribution in [2.75, 3.05) is 5.73 Å². The second kappa shape index (κ2) is 6.59. The maximum atomic E-state index is 13.4. The van der Waals surface area contributed by atoms with Crippen molar-refractivity contribution in [1.82, 2.24) is 15.1 Å². The molecule has 7 heteroatoms. The van der Waals surface area contributed by atoms with Gasteiger partial charge >= 0.3 is 0 Å². The van der Waals surface area contributed by atoms with Gasteiger partial charge in [-0.15, -0.1) is 0 Å². The van der Waals surface area contributed by atoms with E-state index in [2.05, 4.69) is 15.1 Å². The fourth-order valence-electron chi connectivity index (χ4n) is 4.07. The van der Waals surface area contributed by atoms with E-state index in [1.807, 2.05) is 32.0 Å². The number of hydrogen-bond acceptors (Lipinski definition) is 5. The summed E-state index contributed by atoms with van der Waals surface area (Å²) in [5, 5.41) is 16.7. The Labute approximate surface area is 171 Å². The van der Waals surface area contributed by atoms with E-state index in [4.69, 9.17) is 10.3 Å². The molecule has 0 atom stereocenters. The molecule has 0 bridgehead atoms. The number of nitrogens with one attached hydrogen (secondary N) is 1. The number of fused-ring (bicyclic) bond motifs is 3. The lowest BCUT2D eigenvalue weighted by Gasteiger charge is -2.11. The van der Waals surface area contributed by atoms with Gasteiger partial charge in [-0.1, -0.05) is 23.4 Å². The molecule has 0 saturated carbocycles. The summed E-state index contributed by atoms with van der Waals surface area (Å²) >= 11 is 0. The Morgan fingerprint density at radius 1 is 1.13 bits per heavy atom. The number of rotatable bonds is 3. The molecule has 2 heterocycles. The Hall–Kier alpha value is -3.87. The molecule has 0 unspecified atom stereocenters. The molecule has 5 rings (SSSR count). The topological polar surface area (TPSA) is 101 Å². The van der Waals surface area contributed by atoms with Crippen molar-refractivity contribution < 1.29 is 14.0 Å². The number of anilines is 1. The van der Waals surface area contributed by atoms with Crippen LogP contribution in [0.2, 0.25) is 0 Å². The van der Waals surface area contributed by atoms with Crippen molar-refractivity contribution in [2.24, 2.45) is 0 Å². The van der Waals surface area contributed by atoms with Crippen molar-refractivity contribution in [3.63, 3.8) is 0 Å². The average molecular weight is 402 g/mol. The molecule has 3 aromatic rings. The summed E-state index contributed by atoms with van der Waals surface area (Å²) in [7, 11) is 0. The summed E-state index contributed by atoms with van der Waals surface area (Å²) in [6, 6.07) is 11.7. The van der Waals surface area contributed by atoms with E-state index in [0.717, 1.165) is 28.0 Å². The Balaban J connectivity index is 1.78. The van der Waals surface area contributed by atoms with Crippen LogP contribution in [0.5, 0.6) is 5.75 Å². The number of halogens is 1. The van der Waals surface area contributed by atoms with E-state index in [1.165, 1.54) is 12.1 Å². The highest BCUT2D eigenvalue weighted by Crippen LogP contribution is 2.48. The summed E-state index contributed by atoms with van der Waals surface area (Å²) in [4.78, 5) is 7.52. The molecule has 0 spiro atoms. The number of nitrogens with two attached hydrogens (primary N) is 1. The smallest absolute Gasteiger partial charge is 0.198 e. The van der Waals surface area contributed by atoms with Crippen LogP contribution in [0.3, 0.4) is 0 Å². The maximum Gasteiger partial charge on any atom is 0.198 e. The first-order chi connectivity index (χ1) is 14.4. The van der Waals surface area contributed by atoms with Crippen LogP contribution in [-0.2, 0) is 6.42 Å². The molecular weight excluding hydrogens is 383 g/mol. The van der Waals surface area contributed by atoms with E-state index in [0.29, 0.717) is 34.3 Å². The third-order valence-corrected chi connectivity index (χ3v) is 5.53. The summed E-state index contributed by atoms with van der Waals surface area (Å²) in [6.45, 7) is 3.80. The maximum absolute atomic E-state index is 13.4. The lowest BCUT2D eigenvalue weighted by molar-refractivity contribution is 0.392. The van der Waals surface area contributed by atoms with Gasteiger partial charge in [-0.2, -0.15) is 0 Å². The van der Waals surface area contributed by atoms with Gasteiger partial charge in [0, 0.05) is 28.3 Å². The zero-order valence-corrected chi connectivity index (χ0v) is 16.5. The summed E-state index contributed by atoms with van der Waals surface area (Å²) in [5.74, 6) is 0.746. The van der Waals surface area contributed by atoms with Crippen LogP contribution in [0.1, 0.15) is 22.6 Å². The minimum atomic E-state index is -0.343. The molecule has 0 fully saturated rings. The third kappa shape index (κ3) is 2.70. The Kier molecular flexibility index (Phi) is 3.99. The first kappa shape index (κ1) is 18.2. The molecule has 0 saturated heterocycles. The number of aromatic hydroxyl groups is 1. The van der Waals surface area contributed by atoms with Crippen LogP contribution in [0.15, 0.2) is 47.0 Å². The highest BCUT2D eigenvalue weighted by Gasteiger charge is 2.26. The molecule has 150 valence electrons. The monoisotopic (exact) mass is 402 g/mol. The van der Waals surface area contributed by atoms with Gasteiger partial charge in [0.15, 0.2) is 5.95 Å². The lowest BCUT2D eigenvalue weighted by Crippen LogP contribution is -2.01. The predicted octanol–water partition coefficient (Wildman–Crippen LogP) is 4.96. The van der Waals surface area contributed by atoms with Crippen LogP contribution < -0.4 is 5.73 Å². The van der Waals surface area contributed by atoms with E-state index in [-0.39, 0.29) is 17.5 Å². The predicted molar refractivity (Wildman–Crippen MR) is 113 cm³/mol. The van der Waals surface area contributed by atoms with Crippen molar-refractivity contribution in [3.05, 3.63) is 70.9 Å². The molecule has 1 aliphatic carbocycles. The number of aromatic nitrogens is 3. The van der Waals surface area contributed by atoms with Gasteiger partial charge < -0.3 is 20.3 Å². The van der Waals surface area contributed by atoms with Crippen molar-refractivity contribution in [3.8, 4) is 28.3 Å². The van der Waals surface area contributed by atoms with Gasteiger partial charge in [0.1, 0.15) is 17.3 Å². The highest BCUT2D eigenvalue weighted by molar-refractivity contribution is 6.11. The Morgan fingerprint density at radius 3 is 2.60 bits per heavy atom. The molecule has 0 radical (unpaired) electrons. The second-order valence-electron chi connectivity index (χ2n) is 7.40. The fraction of sp³-hybridized carbons (Fsp3) is 0.130. The number of hydrogen-bond donors (Lipinski definition) is 3. The van der Waals surface area contributed by atoms with E-state index < -0.39 is 0 Å². The zero-order chi connectivity index (χ0) is 21.0. The Bertz CT molecular complexity index is 1350. The van der Waals surface area contributed by atoms with E-state index in [1.54, 1.807) is 12.1 Å². The molecule has 6 nitrogen and oxygen atoms in total. The van der Waals surface area contributed by atoms with Crippen LogP contribution in [0, 0.1) is 19.7 Å². The molecule has 1 aliphatic heterocycles. The van der Waals surface area contributed by atoms with Crippen molar-refractivity contribution >= 4 is 16.7 Å². The molecule has 4 N–H and O–H groups in total. The van der Waals surface area contributed by atoms with Gasteiger partial charge in [0.25, 0.3) is 0 Å². The molecular formula is C23H19FN4O2. The number of aryl methyl sites for hydroxylation is 2. The largest absolute Gasteiger partial charge is 0.507 e. The first-order valence-corrected chi connectivity index (χ1v) is 9.53. The summed E-state index contributed by atoms with van der Waals surface area (Å²) < 4.78 is 18.7. The number of nitrogen functional groups attached to an aromatic ring is 1.